The first-order valence-corrected chi connectivity index (χ1v) is 10.4. The summed E-state index contributed by atoms with van der Waals surface area (Å²) in [6, 6.07) is 22.4. The quantitative estimate of drug-likeness (QED) is 0.320. The number of nitrogens with zero attached hydrogens (tertiary/aromatic N) is 4. The molecule has 0 bridgehead atoms. The van der Waals surface area contributed by atoms with Gasteiger partial charge in [0.15, 0.2) is 17.3 Å². The van der Waals surface area contributed by atoms with Crippen LogP contribution in [0.5, 0.6) is 17.2 Å². The van der Waals surface area contributed by atoms with Crippen LogP contribution in [0.15, 0.2) is 77.9 Å². The Balaban J connectivity index is 1.61. The van der Waals surface area contributed by atoms with Gasteiger partial charge in [0, 0.05) is 17.2 Å². The summed E-state index contributed by atoms with van der Waals surface area (Å²) >= 11 is 0. The zero-order valence-electron chi connectivity index (χ0n) is 18.9. The van der Waals surface area contributed by atoms with Crippen molar-refractivity contribution >= 4 is 12.1 Å². The number of rotatable bonds is 8. The van der Waals surface area contributed by atoms with Gasteiger partial charge in [0.2, 0.25) is 5.82 Å². The third-order valence-electron chi connectivity index (χ3n) is 4.95. The molecule has 0 aliphatic heterocycles. The maximum absolute atomic E-state index is 12.8. The second-order valence-electron chi connectivity index (χ2n) is 7.02. The minimum absolute atomic E-state index is 0.0147. The van der Waals surface area contributed by atoms with Crippen LogP contribution in [0.25, 0.3) is 17.1 Å². The topological polar surface area (TPSA) is 99.9 Å². The van der Waals surface area contributed by atoms with Gasteiger partial charge in [-0.2, -0.15) is 5.10 Å². The van der Waals surface area contributed by atoms with Crippen molar-refractivity contribution in [2.45, 2.75) is 0 Å². The second-order valence-corrected chi connectivity index (χ2v) is 7.02. The Kier molecular flexibility index (Phi) is 6.83. The molecule has 9 nitrogen and oxygen atoms in total. The molecule has 0 aliphatic carbocycles. The highest BCUT2D eigenvalue weighted by Gasteiger charge is 2.18. The predicted molar refractivity (Wildman–Crippen MR) is 128 cm³/mol. The molecule has 3 aromatic carbocycles. The highest BCUT2D eigenvalue weighted by Crippen LogP contribution is 2.33. The van der Waals surface area contributed by atoms with Gasteiger partial charge in [-0.15, -0.1) is 5.10 Å². The first kappa shape index (κ1) is 22.5. The zero-order chi connectivity index (χ0) is 23.9. The number of ether oxygens (including phenoxy) is 3. The van der Waals surface area contributed by atoms with Crippen molar-refractivity contribution in [3.05, 3.63) is 84.2 Å². The van der Waals surface area contributed by atoms with Gasteiger partial charge in [-0.3, -0.25) is 4.79 Å². The predicted octanol–water partition coefficient (Wildman–Crippen LogP) is 3.72. The number of methoxy groups -OCH3 is 3. The zero-order valence-corrected chi connectivity index (χ0v) is 18.9. The summed E-state index contributed by atoms with van der Waals surface area (Å²) in [6.07, 6.45) is 1.45. The number of hydrogen-bond acceptors (Lipinski definition) is 7. The Morgan fingerprint density at radius 3 is 2.15 bits per heavy atom. The van der Waals surface area contributed by atoms with E-state index in [0.29, 0.717) is 28.6 Å². The Labute approximate surface area is 196 Å². The lowest BCUT2D eigenvalue weighted by Gasteiger charge is -2.11. The Hall–Kier alpha value is -4.66. The smallest absolute Gasteiger partial charge is 0.311 e. The second kappa shape index (κ2) is 10.3. The molecule has 1 heterocycles. The van der Waals surface area contributed by atoms with Crippen molar-refractivity contribution in [3.63, 3.8) is 0 Å². The van der Waals surface area contributed by atoms with Crippen LogP contribution >= 0.6 is 0 Å². The van der Waals surface area contributed by atoms with Crippen LogP contribution in [0.3, 0.4) is 0 Å². The molecule has 4 rings (SSSR count). The normalized spacial score (nSPS) is 10.8. The van der Waals surface area contributed by atoms with E-state index >= 15 is 0 Å². The van der Waals surface area contributed by atoms with E-state index in [1.54, 1.807) is 16.8 Å². The number of carbonyl (C=O) groups excluding carboxylic acids is 1. The van der Waals surface area contributed by atoms with E-state index in [4.69, 9.17) is 14.2 Å². The van der Waals surface area contributed by atoms with Gasteiger partial charge in [0.05, 0.1) is 33.2 Å². The molecule has 0 fully saturated rings. The highest BCUT2D eigenvalue weighted by atomic mass is 16.5. The van der Waals surface area contributed by atoms with Crippen molar-refractivity contribution < 1.29 is 19.0 Å². The third-order valence-corrected chi connectivity index (χ3v) is 4.95. The Morgan fingerprint density at radius 2 is 1.50 bits per heavy atom. The average molecular weight is 457 g/mol. The minimum atomic E-state index is -0.553. The number of carbonyl (C=O) groups is 1. The van der Waals surface area contributed by atoms with Crippen LogP contribution in [-0.2, 0) is 0 Å². The Morgan fingerprint density at radius 1 is 0.882 bits per heavy atom. The van der Waals surface area contributed by atoms with Gasteiger partial charge in [0.1, 0.15) is 5.75 Å². The standard InChI is InChI=1S/C25H23N5O4/c1-32-20-15-22(34-3)21(33-2)14-18(20)16-26-28-25(31)23-27-24(17-10-6-4-7-11-17)30(29-23)19-12-8-5-9-13-19/h4-16H,1-3H3,(H,28,31)/b26-16+. The molecule has 34 heavy (non-hydrogen) atoms. The molecular formula is C25H23N5O4. The van der Waals surface area contributed by atoms with Gasteiger partial charge in [-0.1, -0.05) is 48.5 Å². The van der Waals surface area contributed by atoms with Gasteiger partial charge in [-0.05, 0) is 18.2 Å². The van der Waals surface area contributed by atoms with Crippen LogP contribution in [-0.4, -0.2) is 48.2 Å². The number of nitrogens with one attached hydrogen (secondary N) is 1. The molecule has 0 saturated carbocycles. The summed E-state index contributed by atoms with van der Waals surface area (Å²) < 4.78 is 17.6. The fourth-order valence-electron chi connectivity index (χ4n) is 3.30. The molecule has 1 amide bonds. The van der Waals surface area contributed by atoms with E-state index in [1.807, 2.05) is 60.7 Å². The summed E-state index contributed by atoms with van der Waals surface area (Å²) in [6.45, 7) is 0. The SMILES string of the molecule is COc1cc(OC)c(OC)cc1/C=N/NC(=O)c1nc(-c2ccccc2)n(-c2ccccc2)n1. The number of hydrogen-bond donors (Lipinski definition) is 1. The van der Waals surface area contributed by atoms with E-state index < -0.39 is 5.91 Å². The molecule has 1 aromatic heterocycles. The first-order valence-electron chi connectivity index (χ1n) is 10.4. The molecule has 172 valence electrons. The maximum atomic E-state index is 12.8. The molecule has 9 heteroatoms. The molecule has 0 aliphatic rings. The lowest BCUT2D eigenvalue weighted by molar-refractivity contribution is 0.0945. The van der Waals surface area contributed by atoms with Gasteiger partial charge >= 0.3 is 5.91 Å². The summed E-state index contributed by atoms with van der Waals surface area (Å²) in [5.41, 5.74) is 4.68. The molecule has 0 unspecified atom stereocenters. The molecule has 1 N–H and O–H groups in total. The molecule has 0 atom stereocenters. The molecular weight excluding hydrogens is 434 g/mol. The van der Waals surface area contributed by atoms with E-state index in [9.17, 15) is 4.79 Å². The number of benzene rings is 3. The molecule has 0 saturated heterocycles. The van der Waals surface area contributed by atoms with Gasteiger partial charge < -0.3 is 14.2 Å². The number of para-hydroxylation sites is 1. The van der Waals surface area contributed by atoms with E-state index in [0.717, 1.165) is 11.3 Å². The number of aromatic nitrogens is 3. The van der Waals surface area contributed by atoms with E-state index in [-0.39, 0.29) is 5.82 Å². The first-order chi connectivity index (χ1) is 16.6. The van der Waals surface area contributed by atoms with Crippen LogP contribution in [0.4, 0.5) is 0 Å². The minimum Gasteiger partial charge on any atom is -0.496 e. The van der Waals surface area contributed by atoms with Crippen LogP contribution in [0.1, 0.15) is 16.2 Å². The fraction of sp³-hybridized carbons (Fsp3) is 0.120. The third kappa shape index (κ3) is 4.73. The van der Waals surface area contributed by atoms with Gasteiger partial charge in [-0.25, -0.2) is 15.1 Å². The maximum Gasteiger partial charge on any atom is 0.311 e. The lowest BCUT2D eigenvalue weighted by Crippen LogP contribution is -2.19. The monoisotopic (exact) mass is 457 g/mol. The van der Waals surface area contributed by atoms with Crippen molar-refractivity contribution in [3.8, 4) is 34.3 Å². The van der Waals surface area contributed by atoms with Crippen molar-refractivity contribution in [1.29, 1.82) is 0 Å². The van der Waals surface area contributed by atoms with E-state index in [2.05, 4.69) is 20.6 Å². The van der Waals surface area contributed by atoms with Crippen molar-refractivity contribution in [2.75, 3.05) is 21.3 Å². The van der Waals surface area contributed by atoms with Crippen molar-refractivity contribution in [2.24, 2.45) is 5.10 Å². The Bertz CT molecular complexity index is 1250. The van der Waals surface area contributed by atoms with Crippen molar-refractivity contribution in [1.82, 2.24) is 20.2 Å². The molecule has 0 radical (unpaired) electrons. The van der Waals surface area contributed by atoms with E-state index in [1.165, 1.54) is 27.5 Å². The fourth-order valence-corrected chi connectivity index (χ4v) is 3.30. The van der Waals surface area contributed by atoms with Gasteiger partial charge in [0.25, 0.3) is 0 Å². The lowest BCUT2D eigenvalue weighted by atomic mass is 10.2. The highest BCUT2D eigenvalue weighted by molar-refractivity contribution is 5.92. The largest absolute Gasteiger partial charge is 0.496 e. The molecule has 4 aromatic rings. The van der Waals surface area contributed by atoms with Crippen LogP contribution < -0.4 is 19.6 Å². The number of amides is 1. The summed E-state index contributed by atoms with van der Waals surface area (Å²) in [7, 11) is 4.60. The summed E-state index contributed by atoms with van der Waals surface area (Å²) in [4.78, 5) is 17.3. The summed E-state index contributed by atoms with van der Waals surface area (Å²) in [5, 5.41) is 8.48. The molecule has 0 spiro atoms. The number of hydrazone groups is 1. The average Bonchev–Trinajstić information content (AvgIpc) is 3.35. The van der Waals surface area contributed by atoms with Crippen LogP contribution in [0, 0.1) is 0 Å². The summed E-state index contributed by atoms with van der Waals surface area (Å²) in [5.74, 6) is 1.51. The van der Waals surface area contributed by atoms with Crippen LogP contribution in [0.2, 0.25) is 0 Å².